The molecule has 1 aliphatic rings. The van der Waals surface area contributed by atoms with Gasteiger partial charge in [-0.05, 0) is 42.1 Å². The average Bonchev–Trinajstić information content (AvgIpc) is 2.23. The van der Waals surface area contributed by atoms with Crippen molar-refractivity contribution in [2.24, 2.45) is 16.0 Å². The molecule has 0 bridgehead atoms. The minimum absolute atomic E-state index is 0.0197. The number of carbonyl (C=O) groups is 1. The van der Waals surface area contributed by atoms with Gasteiger partial charge in [0.1, 0.15) is 5.71 Å². The van der Waals surface area contributed by atoms with Crippen LogP contribution in [0.1, 0.15) is 41.5 Å². The van der Waals surface area contributed by atoms with Crippen LogP contribution in [0, 0.1) is 10.8 Å². The summed E-state index contributed by atoms with van der Waals surface area (Å²) in [5, 5.41) is 4.17. The maximum Gasteiger partial charge on any atom is 0.278 e. The van der Waals surface area contributed by atoms with Crippen LogP contribution in [0.4, 0.5) is 0 Å². The summed E-state index contributed by atoms with van der Waals surface area (Å²) in [7, 11) is -1.80. The molecule has 0 aromatic rings. The van der Waals surface area contributed by atoms with Crippen molar-refractivity contribution in [1.29, 1.82) is 0 Å². The Labute approximate surface area is 130 Å². The molecule has 1 aliphatic carbocycles. The molecule has 0 fully saturated rings. The number of allylic oxidation sites excluding steroid dienone is 4. The molecule has 0 spiro atoms. The molecule has 0 saturated heterocycles. The Morgan fingerprint density at radius 3 is 1.86 bits per heavy atom. The fourth-order valence-corrected chi connectivity index (χ4v) is 2.23. The number of ketones is 1. The zero-order valence-electron chi connectivity index (χ0n) is 14.9. The van der Waals surface area contributed by atoms with Crippen molar-refractivity contribution in [1.82, 2.24) is 0 Å². The SMILES string of the molecule is CC(C)(C)C1=CC(=NO[Si](C)(C)C)C(=O)C(C(C)(C)C)=C1. The third-order valence-electron chi connectivity index (χ3n) is 3.16. The number of hydrogen-bond donors (Lipinski definition) is 0. The Morgan fingerprint density at radius 1 is 0.952 bits per heavy atom. The van der Waals surface area contributed by atoms with E-state index >= 15 is 0 Å². The maximum absolute atomic E-state index is 12.7. The van der Waals surface area contributed by atoms with Crippen molar-refractivity contribution in [2.45, 2.75) is 61.2 Å². The number of nitrogens with zero attached hydrogens (tertiary/aromatic N) is 1. The van der Waals surface area contributed by atoms with Gasteiger partial charge in [-0.2, -0.15) is 0 Å². The second-order valence-corrected chi connectivity index (χ2v) is 13.1. The molecule has 0 amide bonds. The van der Waals surface area contributed by atoms with Gasteiger partial charge in [0, 0.05) is 5.57 Å². The molecule has 0 unspecified atom stereocenters. The Hall–Kier alpha value is -1.16. The molecule has 4 heteroatoms. The zero-order chi connectivity index (χ0) is 16.6. The van der Waals surface area contributed by atoms with Crippen molar-refractivity contribution >= 4 is 19.8 Å². The van der Waals surface area contributed by atoms with Gasteiger partial charge in [-0.15, -0.1) is 0 Å². The van der Waals surface area contributed by atoms with E-state index in [1.54, 1.807) is 0 Å². The van der Waals surface area contributed by atoms with E-state index in [0.717, 1.165) is 11.1 Å². The summed E-state index contributed by atoms with van der Waals surface area (Å²) in [6.07, 6.45) is 3.90. The monoisotopic (exact) mass is 307 g/mol. The molecule has 3 nitrogen and oxygen atoms in total. The molecular formula is C17H29NO2Si. The zero-order valence-corrected chi connectivity index (χ0v) is 15.9. The molecular weight excluding hydrogens is 278 g/mol. The van der Waals surface area contributed by atoms with Crippen LogP contribution in [-0.2, 0) is 9.32 Å². The summed E-state index contributed by atoms with van der Waals surface area (Å²) in [5.41, 5.74) is 2.10. The van der Waals surface area contributed by atoms with Crippen LogP contribution < -0.4 is 0 Å². The highest BCUT2D eigenvalue weighted by Crippen LogP contribution is 2.36. The number of hydrogen-bond acceptors (Lipinski definition) is 3. The predicted octanol–water partition coefficient (Wildman–Crippen LogP) is 4.72. The van der Waals surface area contributed by atoms with Crippen LogP contribution in [0.5, 0.6) is 0 Å². The van der Waals surface area contributed by atoms with Gasteiger partial charge in [-0.3, -0.25) is 4.79 Å². The lowest BCUT2D eigenvalue weighted by Gasteiger charge is -2.30. The molecule has 0 saturated carbocycles. The molecule has 0 aliphatic heterocycles. The van der Waals surface area contributed by atoms with Crippen LogP contribution in [0.15, 0.2) is 28.5 Å². The van der Waals surface area contributed by atoms with Crippen molar-refractivity contribution in [3.8, 4) is 0 Å². The molecule has 0 N–H and O–H groups in total. The Kier molecular flexibility index (Phi) is 4.73. The minimum atomic E-state index is -1.80. The average molecular weight is 308 g/mol. The third kappa shape index (κ3) is 4.95. The van der Waals surface area contributed by atoms with E-state index in [0.29, 0.717) is 5.71 Å². The topological polar surface area (TPSA) is 38.7 Å². The molecule has 21 heavy (non-hydrogen) atoms. The van der Waals surface area contributed by atoms with Crippen LogP contribution >= 0.6 is 0 Å². The van der Waals surface area contributed by atoms with E-state index in [4.69, 9.17) is 4.53 Å². The quantitative estimate of drug-likeness (QED) is 0.420. The highest BCUT2D eigenvalue weighted by atomic mass is 28.4. The highest BCUT2D eigenvalue weighted by Gasteiger charge is 2.33. The van der Waals surface area contributed by atoms with E-state index in [1.807, 2.05) is 12.2 Å². The first kappa shape index (κ1) is 17.9. The van der Waals surface area contributed by atoms with E-state index < -0.39 is 8.32 Å². The van der Waals surface area contributed by atoms with E-state index in [1.165, 1.54) is 0 Å². The summed E-state index contributed by atoms with van der Waals surface area (Å²) >= 11 is 0. The lowest BCUT2D eigenvalue weighted by molar-refractivity contribution is -0.110. The van der Waals surface area contributed by atoms with Gasteiger partial charge in [0.2, 0.25) is 5.78 Å². The second kappa shape index (κ2) is 5.56. The summed E-state index contributed by atoms with van der Waals surface area (Å²) in [5.74, 6) is -0.0197. The summed E-state index contributed by atoms with van der Waals surface area (Å²) in [6.45, 7) is 18.8. The number of rotatable bonds is 2. The lowest BCUT2D eigenvalue weighted by Crippen LogP contribution is -2.30. The highest BCUT2D eigenvalue weighted by molar-refractivity contribution is 6.69. The summed E-state index contributed by atoms with van der Waals surface area (Å²) in [4.78, 5) is 12.7. The summed E-state index contributed by atoms with van der Waals surface area (Å²) in [6, 6.07) is 0. The van der Waals surface area contributed by atoms with Crippen LogP contribution in [0.3, 0.4) is 0 Å². The third-order valence-corrected chi connectivity index (χ3v) is 3.80. The van der Waals surface area contributed by atoms with Crippen molar-refractivity contribution in [3.05, 3.63) is 23.3 Å². The molecule has 1 rings (SSSR count). The maximum atomic E-state index is 12.7. The first-order valence-electron chi connectivity index (χ1n) is 7.47. The lowest BCUT2D eigenvalue weighted by atomic mass is 9.74. The standard InChI is InChI=1S/C17H29NO2Si/c1-16(2,3)12-10-13(17(4,5)6)15(19)14(11-12)18-20-21(7,8)9/h10-11H,1-9H3. The largest absolute Gasteiger partial charge is 0.455 e. The summed E-state index contributed by atoms with van der Waals surface area (Å²) < 4.78 is 5.60. The van der Waals surface area contributed by atoms with Crippen LogP contribution in [-0.4, -0.2) is 19.8 Å². The van der Waals surface area contributed by atoms with E-state index in [9.17, 15) is 4.79 Å². The number of oxime groups is 1. The molecule has 0 heterocycles. The fourth-order valence-electron chi connectivity index (χ4n) is 1.86. The van der Waals surface area contributed by atoms with Crippen LogP contribution in [0.2, 0.25) is 19.6 Å². The van der Waals surface area contributed by atoms with Gasteiger partial charge in [0.05, 0.1) is 0 Å². The van der Waals surface area contributed by atoms with Crippen molar-refractivity contribution in [2.75, 3.05) is 0 Å². The molecule has 118 valence electrons. The normalized spacial score (nSPS) is 19.5. The van der Waals surface area contributed by atoms with Gasteiger partial charge in [-0.1, -0.05) is 52.8 Å². The van der Waals surface area contributed by atoms with Gasteiger partial charge >= 0.3 is 0 Å². The second-order valence-electron chi connectivity index (χ2n) is 8.67. The van der Waals surface area contributed by atoms with E-state index in [-0.39, 0.29) is 16.6 Å². The fraction of sp³-hybridized carbons (Fsp3) is 0.647. The first-order valence-corrected chi connectivity index (χ1v) is 10.9. The molecule has 0 aromatic heterocycles. The minimum Gasteiger partial charge on any atom is -0.455 e. The Morgan fingerprint density at radius 2 is 1.48 bits per heavy atom. The van der Waals surface area contributed by atoms with Crippen LogP contribution in [0.25, 0.3) is 0 Å². The van der Waals surface area contributed by atoms with Gasteiger partial charge < -0.3 is 4.53 Å². The van der Waals surface area contributed by atoms with E-state index in [2.05, 4.69) is 66.3 Å². The van der Waals surface area contributed by atoms with Crippen molar-refractivity contribution in [3.63, 3.8) is 0 Å². The van der Waals surface area contributed by atoms with Gasteiger partial charge in [-0.25, -0.2) is 0 Å². The molecule has 0 atom stereocenters. The Balaban J connectivity index is 3.32. The number of Topliss-reactive ketones (excluding diaryl/α,β-unsaturated/α-hetero) is 1. The first-order chi connectivity index (χ1) is 9.22. The predicted molar refractivity (Wildman–Crippen MR) is 91.9 cm³/mol. The van der Waals surface area contributed by atoms with Gasteiger partial charge in [0.15, 0.2) is 0 Å². The molecule has 0 radical (unpaired) electrons. The van der Waals surface area contributed by atoms with Crippen molar-refractivity contribution < 1.29 is 9.32 Å². The Bertz CT molecular complexity index is 520. The molecule has 0 aromatic carbocycles. The smallest absolute Gasteiger partial charge is 0.278 e. The number of carbonyl (C=O) groups excluding carboxylic acids is 1. The van der Waals surface area contributed by atoms with Gasteiger partial charge in [0.25, 0.3) is 8.32 Å².